The van der Waals surface area contributed by atoms with Crippen LogP contribution in [-0.4, -0.2) is 41.6 Å². The van der Waals surface area contributed by atoms with E-state index in [1.54, 1.807) is 30.8 Å². The molecule has 1 saturated heterocycles. The van der Waals surface area contributed by atoms with E-state index in [0.29, 0.717) is 35.0 Å². The predicted molar refractivity (Wildman–Crippen MR) is 148 cm³/mol. The van der Waals surface area contributed by atoms with Gasteiger partial charge in [0, 0.05) is 17.0 Å². The van der Waals surface area contributed by atoms with Gasteiger partial charge in [0.25, 0.3) is 5.91 Å². The van der Waals surface area contributed by atoms with Crippen LogP contribution in [0.15, 0.2) is 54.6 Å². The van der Waals surface area contributed by atoms with Gasteiger partial charge in [0.05, 0.1) is 17.9 Å². The number of esters is 1. The molecule has 2 amide bonds. The van der Waals surface area contributed by atoms with Crippen LogP contribution in [0.5, 0.6) is 0 Å². The van der Waals surface area contributed by atoms with E-state index in [-0.39, 0.29) is 23.2 Å². The fourth-order valence-electron chi connectivity index (χ4n) is 4.91. The van der Waals surface area contributed by atoms with Crippen molar-refractivity contribution in [2.75, 3.05) is 24.2 Å². The highest BCUT2D eigenvalue weighted by Crippen LogP contribution is 2.40. The molecule has 5 rings (SSSR count). The number of nitrogens with one attached hydrogen (secondary N) is 1. The second-order valence-corrected chi connectivity index (χ2v) is 11.4. The lowest BCUT2D eigenvalue weighted by molar-refractivity contribution is -0.128. The molecule has 6 nitrogen and oxygen atoms in total. The van der Waals surface area contributed by atoms with Gasteiger partial charge in [-0.3, -0.25) is 9.59 Å². The van der Waals surface area contributed by atoms with E-state index in [4.69, 9.17) is 4.74 Å². The molecule has 8 heteroatoms. The summed E-state index contributed by atoms with van der Waals surface area (Å²) in [7, 11) is 0. The average Bonchev–Trinajstić information content (AvgIpc) is 3.47. The molecule has 1 atom stereocenters. The minimum atomic E-state index is -0.369. The monoisotopic (exact) mass is 534 g/mol. The fourth-order valence-corrected chi connectivity index (χ4v) is 7.41. The number of carbonyl (C=O) groups is 3. The zero-order valence-corrected chi connectivity index (χ0v) is 22.5. The quantitative estimate of drug-likeness (QED) is 0.366. The van der Waals surface area contributed by atoms with E-state index in [0.717, 1.165) is 43.2 Å². The largest absolute Gasteiger partial charge is 0.462 e. The smallest absolute Gasteiger partial charge is 0.341 e. The molecule has 2 heterocycles. The number of rotatable bonds is 8. The maximum atomic E-state index is 13.1. The van der Waals surface area contributed by atoms with Gasteiger partial charge < -0.3 is 15.0 Å². The van der Waals surface area contributed by atoms with Gasteiger partial charge in [0.1, 0.15) is 10.4 Å². The van der Waals surface area contributed by atoms with Crippen LogP contribution < -0.4 is 5.32 Å². The molecule has 2 aromatic carbocycles. The molecule has 0 spiro atoms. The lowest BCUT2D eigenvalue weighted by Gasteiger charge is -2.24. The highest BCUT2D eigenvalue weighted by atomic mass is 32.2. The summed E-state index contributed by atoms with van der Waals surface area (Å²) in [5, 5.41) is 3.49. The normalized spacial score (nSPS) is 16.9. The number of ether oxygens (including phenoxy) is 1. The average molecular weight is 535 g/mol. The molecule has 2 aliphatic rings. The van der Waals surface area contributed by atoms with Crippen molar-refractivity contribution < 1.29 is 19.1 Å². The molecule has 0 unspecified atom stereocenters. The van der Waals surface area contributed by atoms with Gasteiger partial charge in [-0.15, -0.1) is 23.1 Å². The first kappa shape index (κ1) is 25.5. The van der Waals surface area contributed by atoms with Crippen LogP contribution in [-0.2, 0) is 28.8 Å². The first-order chi connectivity index (χ1) is 18.0. The summed E-state index contributed by atoms with van der Waals surface area (Å²) in [6, 6.07) is 17.6. The zero-order valence-electron chi connectivity index (χ0n) is 20.8. The van der Waals surface area contributed by atoms with Gasteiger partial charge in [0.15, 0.2) is 0 Å². The topological polar surface area (TPSA) is 75.7 Å². The van der Waals surface area contributed by atoms with Crippen molar-refractivity contribution in [1.29, 1.82) is 0 Å². The molecular formula is C29H30N2O4S2. The number of benzene rings is 2. The third kappa shape index (κ3) is 5.60. The second kappa shape index (κ2) is 11.5. The molecule has 192 valence electrons. The van der Waals surface area contributed by atoms with Crippen molar-refractivity contribution in [3.63, 3.8) is 0 Å². The fraction of sp³-hybridized carbons (Fsp3) is 0.345. The van der Waals surface area contributed by atoms with E-state index in [1.165, 1.54) is 21.8 Å². The van der Waals surface area contributed by atoms with E-state index < -0.39 is 0 Å². The molecule has 1 aliphatic heterocycles. The SMILES string of the molecule is CCOC(=O)c1c(NC(=O)c2ccc([C@@H]3SCC(=O)N3CCc3ccccc3)cc2)sc2c1CCCC2. The predicted octanol–water partition coefficient (Wildman–Crippen LogP) is 5.87. The van der Waals surface area contributed by atoms with Gasteiger partial charge in [0.2, 0.25) is 5.91 Å². The molecule has 0 bridgehead atoms. The number of hydrogen-bond donors (Lipinski definition) is 1. The van der Waals surface area contributed by atoms with Gasteiger partial charge in [-0.05, 0) is 67.9 Å². The van der Waals surface area contributed by atoms with Gasteiger partial charge in [-0.2, -0.15) is 0 Å². The van der Waals surface area contributed by atoms with E-state index in [2.05, 4.69) is 17.4 Å². The maximum Gasteiger partial charge on any atom is 0.341 e. The minimum absolute atomic E-state index is 0.0623. The number of thiophene rings is 1. The van der Waals surface area contributed by atoms with Crippen molar-refractivity contribution >= 4 is 45.9 Å². The highest BCUT2D eigenvalue weighted by molar-refractivity contribution is 8.00. The Hall–Kier alpha value is -3.10. The van der Waals surface area contributed by atoms with Crippen LogP contribution in [0.25, 0.3) is 0 Å². The molecular weight excluding hydrogens is 504 g/mol. The zero-order chi connectivity index (χ0) is 25.8. The van der Waals surface area contributed by atoms with Crippen molar-refractivity contribution in [2.45, 2.75) is 44.4 Å². The molecule has 0 radical (unpaired) electrons. The maximum absolute atomic E-state index is 13.1. The molecule has 1 aliphatic carbocycles. The van der Waals surface area contributed by atoms with Crippen molar-refractivity contribution in [1.82, 2.24) is 4.90 Å². The molecule has 1 aromatic heterocycles. The lowest BCUT2D eigenvalue weighted by Crippen LogP contribution is -2.30. The lowest BCUT2D eigenvalue weighted by atomic mass is 9.95. The Labute approximate surface area is 225 Å². The van der Waals surface area contributed by atoms with Crippen LogP contribution in [0, 0.1) is 0 Å². The summed E-state index contributed by atoms with van der Waals surface area (Å²) in [5.41, 5.74) is 4.25. The summed E-state index contributed by atoms with van der Waals surface area (Å²) in [6.45, 7) is 2.74. The molecule has 0 saturated carbocycles. The summed E-state index contributed by atoms with van der Waals surface area (Å²) in [5.74, 6) is -0.0276. The summed E-state index contributed by atoms with van der Waals surface area (Å²) in [6.07, 6.45) is 4.69. The molecule has 1 N–H and O–H groups in total. The van der Waals surface area contributed by atoms with Crippen LogP contribution in [0.2, 0.25) is 0 Å². The van der Waals surface area contributed by atoms with Crippen LogP contribution in [0.1, 0.15) is 67.4 Å². The minimum Gasteiger partial charge on any atom is -0.462 e. The van der Waals surface area contributed by atoms with E-state index >= 15 is 0 Å². The Balaban J connectivity index is 1.29. The number of nitrogens with zero attached hydrogens (tertiary/aromatic N) is 1. The standard InChI is InChI=1S/C29H30N2O4S2/c1-2-35-29(34)25-22-10-6-7-11-23(22)37-27(25)30-26(33)20-12-14-21(15-13-20)28-31(24(32)18-36-28)17-16-19-8-4-3-5-9-19/h3-5,8-9,12-15,28H,2,6-7,10-11,16-18H2,1H3,(H,30,33)/t28-/m0/s1. The van der Waals surface area contributed by atoms with Gasteiger partial charge in [-0.1, -0.05) is 42.5 Å². The number of thioether (sulfide) groups is 1. The number of anilines is 1. The first-order valence-corrected chi connectivity index (χ1v) is 14.6. The van der Waals surface area contributed by atoms with Crippen molar-refractivity contribution in [2.24, 2.45) is 0 Å². The highest BCUT2D eigenvalue weighted by Gasteiger charge is 2.32. The van der Waals surface area contributed by atoms with E-state index in [9.17, 15) is 14.4 Å². The van der Waals surface area contributed by atoms with Gasteiger partial charge in [-0.25, -0.2) is 4.79 Å². The second-order valence-electron chi connectivity index (χ2n) is 9.20. The van der Waals surface area contributed by atoms with E-state index in [1.807, 2.05) is 35.2 Å². The summed E-state index contributed by atoms with van der Waals surface area (Å²) < 4.78 is 5.30. The Morgan fingerprint density at radius 3 is 2.57 bits per heavy atom. The molecule has 3 aromatic rings. The Morgan fingerprint density at radius 1 is 1.05 bits per heavy atom. The van der Waals surface area contributed by atoms with Crippen LogP contribution >= 0.6 is 23.1 Å². The third-order valence-corrected chi connectivity index (χ3v) is 9.25. The van der Waals surface area contributed by atoms with Crippen molar-refractivity contribution in [3.05, 3.63) is 87.3 Å². The summed E-state index contributed by atoms with van der Waals surface area (Å²) in [4.78, 5) is 41.5. The van der Waals surface area contributed by atoms with Crippen molar-refractivity contribution in [3.8, 4) is 0 Å². The molecule has 1 fully saturated rings. The number of fused-ring (bicyclic) bond motifs is 1. The number of hydrogen-bond acceptors (Lipinski definition) is 6. The first-order valence-electron chi connectivity index (χ1n) is 12.7. The summed E-state index contributed by atoms with van der Waals surface area (Å²) >= 11 is 3.10. The number of amides is 2. The number of carbonyl (C=O) groups excluding carboxylic acids is 3. The van der Waals surface area contributed by atoms with Crippen LogP contribution in [0.4, 0.5) is 5.00 Å². The Kier molecular flexibility index (Phi) is 7.96. The number of aryl methyl sites for hydroxylation is 1. The van der Waals surface area contributed by atoms with Gasteiger partial charge >= 0.3 is 5.97 Å². The third-order valence-electron chi connectivity index (χ3n) is 6.79. The Morgan fingerprint density at radius 2 is 1.81 bits per heavy atom. The Bertz CT molecular complexity index is 1290. The molecule has 37 heavy (non-hydrogen) atoms. The van der Waals surface area contributed by atoms with Crippen LogP contribution in [0.3, 0.4) is 0 Å².